The van der Waals surface area contributed by atoms with Gasteiger partial charge in [-0.2, -0.15) is 0 Å². The third-order valence-electron chi connectivity index (χ3n) is 3.30. The molecule has 5 nitrogen and oxygen atoms in total. The lowest BCUT2D eigenvalue weighted by Gasteiger charge is -2.18. The van der Waals surface area contributed by atoms with Gasteiger partial charge in [-0.3, -0.25) is 4.79 Å². The average Bonchev–Trinajstić information content (AvgIpc) is 2.90. The van der Waals surface area contributed by atoms with E-state index in [0.29, 0.717) is 18.5 Å². The zero-order chi connectivity index (χ0) is 14.5. The molecule has 1 saturated heterocycles. The number of benzene rings is 1. The Morgan fingerprint density at radius 2 is 2.20 bits per heavy atom. The highest BCUT2D eigenvalue weighted by Crippen LogP contribution is 2.26. The van der Waals surface area contributed by atoms with Crippen molar-refractivity contribution < 1.29 is 14.3 Å². The Labute approximate surface area is 118 Å². The number of methoxy groups -OCH3 is 1. The molecule has 1 N–H and O–H groups in total. The summed E-state index contributed by atoms with van der Waals surface area (Å²) in [5.74, 6) is -0.286. The lowest BCUT2D eigenvalue weighted by Crippen LogP contribution is -2.24. The summed E-state index contributed by atoms with van der Waals surface area (Å²) in [6.07, 6.45) is 2.42. The Balaban J connectivity index is 2.34. The second-order valence-electron chi connectivity index (χ2n) is 4.84. The van der Waals surface area contributed by atoms with Crippen molar-refractivity contribution in [2.24, 2.45) is 0 Å². The van der Waals surface area contributed by atoms with Crippen LogP contribution in [-0.4, -0.2) is 32.1 Å². The first kappa shape index (κ1) is 14.4. The van der Waals surface area contributed by atoms with E-state index in [1.54, 1.807) is 17.0 Å². The molecule has 1 aromatic carbocycles. The van der Waals surface area contributed by atoms with Gasteiger partial charge in [0.2, 0.25) is 5.91 Å². The van der Waals surface area contributed by atoms with Crippen LogP contribution in [0.4, 0.5) is 11.4 Å². The maximum absolute atomic E-state index is 11.8. The number of esters is 1. The number of carbonyl (C=O) groups is 2. The van der Waals surface area contributed by atoms with Crippen molar-refractivity contribution in [2.75, 3.05) is 30.4 Å². The first-order chi connectivity index (χ1) is 9.65. The summed E-state index contributed by atoms with van der Waals surface area (Å²) < 4.78 is 4.77. The summed E-state index contributed by atoms with van der Waals surface area (Å²) in [6.45, 7) is 3.59. The van der Waals surface area contributed by atoms with Gasteiger partial charge < -0.3 is 15.0 Å². The summed E-state index contributed by atoms with van der Waals surface area (Å²) in [5, 5.41) is 3.25. The molecule has 1 aliphatic heterocycles. The molecule has 0 spiro atoms. The molecule has 0 aromatic heterocycles. The summed E-state index contributed by atoms with van der Waals surface area (Å²) >= 11 is 0. The monoisotopic (exact) mass is 276 g/mol. The molecule has 1 heterocycles. The van der Waals surface area contributed by atoms with Gasteiger partial charge in [-0.05, 0) is 31.0 Å². The van der Waals surface area contributed by atoms with Gasteiger partial charge in [-0.1, -0.05) is 6.92 Å². The van der Waals surface area contributed by atoms with E-state index in [1.807, 2.05) is 6.07 Å². The van der Waals surface area contributed by atoms with Crippen molar-refractivity contribution in [3.63, 3.8) is 0 Å². The summed E-state index contributed by atoms with van der Waals surface area (Å²) in [7, 11) is 1.36. The highest BCUT2D eigenvalue weighted by molar-refractivity contribution is 5.98. The molecule has 0 saturated carbocycles. The highest BCUT2D eigenvalue weighted by Gasteiger charge is 2.23. The van der Waals surface area contributed by atoms with Crippen LogP contribution in [0.25, 0.3) is 0 Å². The van der Waals surface area contributed by atoms with Gasteiger partial charge in [0.25, 0.3) is 0 Å². The molecule has 1 amide bonds. The fraction of sp³-hybridized carbons (Fsp3) is 0.467. The molecule has 1 fully saturated rings. The minimum absolute atomic E-state index is 0.105. The van der Waals surface area contributed by atoms with Crippen LogP contribution in [0.5, 0.6) is 0 Å². The Hall–Kier alpha value is -2.04. The minimum Gasteiger partial charge on any atom is -0.465 e. The van der Waals surface area contributed by atoms with Crippen LogP contribution >= 0.6 is 0 Å². The number of hydrogen-bond donors (Lipinski definition) is 1. The Bertz CT molecular complexity index is 514. The highest BCUT2D eigenvalue weighted by atomic mass is 16.5. The van der Waals surface area contributed by atoms with Crippen molar-refractivity contribution >= 4 is 23.3 Å². The van der Waals surface area contributed by atoms with E-state index in [4.69, 9.17) is 4.74 Å². The third kappa shape index (κ3) is 3.10. The molecule has 20 heavy (non-hydrogen) atoms. The first-order valence-electron chi connectivity index (χ1n) is 6.93. The smallest absolute Gasteiger partial charge is 0.337 e. The largest absolute Gasteiger partial charge is 0.465 e. The lowest BCUT2D eigenvalue weighted by atomic mass is 10.1. The van der Waals surface area contributed by atoms with Crippen molar-refractivity contribution in [3.8, 4) is 0 Å². The van der Waals surface area contributed by atoms with Crippen molar-refractivity contribution in [3.05, 3.63) is 23.8 Å². The maximum atomic E-state index is 11.8. The summed E-state index contributed by atoms with van der Waals surface area (Å²) in [4.78, 5) is 25.3. The molecule has 5 heteroatoms. The molecular formula is C15H20N2O3. The number of nitrogens with zero attached hydrogens (tertiary/aromatic N) is 1. The van der Waals surface area contributed by atoms with E-state index >= 15 is 0 Å². The molecule has 0 unspecified atom stereocenters. The maximum Gasteiger partial charge on any atom is 0.337 e. The number of nitrogens with one attached hydrogen (secondary N) is 1. The minimum atomic E-state index is -0.391. The topological polar surface area (TPSA) is 58.6 Å². The van der Waals surface area contributed by atoms with Crippen LogP contribution in [0.15, 0.2) is 18.2 Å². The van der Waals surface area contributed by atoms with E-state index in [9.17, 15) is 9.59 Å². The first-order valence-corrected chi connectivity index (χ1v) is 6.93. The van der Waals surface area contributed by atoms with E-state index < -0.39 is 5.97 Å². The molecule has 1 aliphatic rings. The fourth-order valence-corrected chi connectivity index (χ4v) is 2.30. The molecule has 1 aromatic rings. The van der Waals surface area contributed by atoms with E-state index in [-0.39, 0.29) is 5.91 Å². The zero-order valence-corrected chi connectivity index (χ0v) is 11.9. The Morgan fingerprint density at radius 1 is 1.40 bits per heavy atom. The number of rotatable bonds is 5. The number of hydrogen-bond acceptors (Lipinski definition) is 4. The average molecular weight is 276 g/mol. The van der Waals surface area contributed by atoms with Crippen LogP contribution in [0.1, 0.15) is 36.5 Å². The molecular weight excluding hydrogens is 256 g/mol. The molecule has 0 radical (unpaired) electrons. The molecule has 0 atom stereocenters. The number of anilines is 2. The van der Waals surface area contributed by atoms with Crippen molar-refractivity contribution in [1.82, 2.24) is 0 Å². The van der Waals surface area contributed by atoms with Gasteiger partial charge in [-0.25, -0.2) is 4.79 Å². The number of ether oxygens (including phenoxy) is 1. The second kappa shape index (κ2) is 6.41. The van der Waals surface area contributed by atoms with E-state index in [2.05, 4.69) is 12.2 Å². The number of carbonyl (C=O) groups excluding carboxylic acids is 2. The van der Waals surface area contributed by atoms with Gasteiger partial charge >= 0.3 is 5.97 Å². The number of amides is 1. The predicted octanol–water partition coefficient (Wildman–Crippen LogP) is 2.42. The zero-order valence-electron chi connectivity index (χ0n) is 11.9. The Morgan fingerprint density at radius 3 is 2.80 bits per heavy atom. The quantitative estimate of drug-likeness (QED) is 0.839. The normalized spacial score (nSPS) is 14.5. The van der Waals surface area contributed by atoms with Crippen LogP contribution < -0.4 is 10.2 Å². The van der Waals surface area contributed by atoms with Gasteiger partial charge in [-0.15, -0.1) is 0 Å². The fourth-order valence-electron chi connectivity index (χ4n) is 2.30. The van der Waals surface area contributed by atoms with Crippen LogP contribution in [0.2, 0.25) is 0 Å². The van der Waals surface area contributed by atoms with Gasteiger partial charge in [0.15, 0.2) is 0 Å². The molecule has 2 rings (SSSR count). The second-order valence-corrected chi connectivity index (χ2v) is 4.84. The molecule has 0 aliphatic carbocycles. The SMILES string of the molecule is CCCNc1cc(C(=O)OC)cc(N2CCCC2=O)c1. The van der Waals surface area contributed by atoms with E-state index in [0.717, 1.165) is 30.8 Å². The van der Waals surface area contributed by atoms with Gasteiger partial charge in [0, 0.05) is 30.9 Å². The van der Waals surface area contributed by atoms with Gasteiger partial charge in [0.05, 0.1) is 12.7 Å². The van der Waals surface area contributed by atoms with E-state index in [1.165, 1.54) is 7.11 Å². The van der Waals surface area contributed by atoms with Crippen molar-refractivity contribution in [1.29, 1.82) is 0 Å². The van der Waals surface area contributed by atoms with Crippen LogP contribution in [-0.2, 0) is 9.53 Å². The molecule has 108 valence electrons. The van der Waals surface area contributed by atoms with Crippen LogP contribution in [0.3, 0.4) is 0 Å². The standard InChI is InChI=1S/C15H20N2O3/c1-3-6-16-12-8-11(15(19)20-2)9-13(10-12)17-7-4-5-14(17)18/h8-10,16H,3-7H2,1-2H3. The van der Waals surface area contributed by atoms with Crippen LogP contribution in [0, 0.1) is 0 Å². The summed E-state index contributed by atoms with van der Waals surface area (Å²) in [5.41, 5.74) is 2.06. The van der Waals surface area contributed by atoms with Gasteiger partial charge in [0.1, 0.15) is 0 Å². The Kier molecular flexibility index (Phi) is 4.61. The summed E-state index contributed by atoms with van der Waals surface area (Å²) in [6, 6.07) is 5.38. The molecule has 0 bridgehead atoms. The predicted molar refractivity (Wildman–Crippen MR) is 78.1 cm³/mol. The third-order valence-corrected chi connectivity index (χ3v) is 3.30. The lowest BCUT2D eigenvalue weighted by molar-refractivity contribution is -0.117. The van der Waals surface area contributed by atoms with Crippen molar-refractivity contribution in [2.45, 2.75) is 26.2 Å².